The van der Waals surface area contributed by atoms with Crippen molar-refractivity contribution in [1.82, 2.24) is 5.32 Å². The average Bonchev–Trinajstić information content (AvgIpc) is 2.42. The fourth-order valence-corrected chi connectivity index (χ4v) is 2.78. The lowest BCUT2D eigenvalue weighted by Gasteiger charge is -2.20. The lowest BCUT2D eigenvalue weighted by molar-refractivity contribution is 0.507. The van der Waals surface area contributed by atoms with Crippen LogP contribution in [0.3, 0.4) is 0 Å². The van der Waals surface area contributed by atoms with E-state index in [4.69, 9.17) is 0 Å². The Labute approximate surface area is 128 Å². The van der Waals surface area contributed by atoms with E-state index in [1.165, 1.54) is 11.1 Å². The first-order valence-corrected chi connectivity index (χ1v) is 7.64. The van der Waals surface area contributed by atoms with Crippen molar-refractivity contribution in [2.75, 3.05) is 6.54 Å². The topological polar surface area (TPSA) is 12.0 Å². The number of hydrogen-bond donors (Lipinski definition) is 1. The smallest absolute Gasteiger partial charge is 0.142 e. The van der Waals surface area contributed by atoms with Crippen molar-refractivity contribution in [2.45, 2.75) is 26.3 Å². The average molecular weight is 336 g/mol. The normalized spacial score (nSPS) is 12.4. The van der Waals surface area contributed by atoms with Crippen molar-refractivity contribution in [3.8, 4) is 0 Å². The molecule has 0 saturated carbocycles. The van der Waals surface area contributed by atoms with Gasteiger partial charge < -0.3 is 5.32 Å². The second-order valence-corrected chi connectivity index (χ2v) is 5.80. The predicted octanol–water partition coefficient (Wildman–Crippen LogP) is 4.79. The number of aryl methyl sites for hydroxylation is 1. The SMILES string of the molecule is CCNC(Cc1cccc(C)c1)c1cccc(Br)c1F. The largest absolute Gasteiger partial charge is 0.310 e. The summed E-state index contributed by atoms with van der Waals surface area (Å²) in [5.41, 5.74) is 3.16. The highest BCUT2D eigenvalue weighted by molar-refractivity contribution is 9.10. The maximum Gasteiger partial charge on any atom is 0.142 e. The van der Waals surface area contributed by atoms with E-state index in [0.29, 0.717) is 10.0 Å². The van der Waals surface area contributed by atoms with E-state index >= 15 is 0 Å². The fraction of sp³-hybridized carbons (Fsp3) is 0.294. The molecule has 2 aromatic carbocycles. The molecule has 0 radical (unpaired) electrons. The predicted molar refractivity (Wildman–Crippen MR) is 85.4 cm³/mol. The van der Waals surface area contributed by atoms with Crippen LogP contribution >= 0.6 is 15.9 Å². The molecule has 1 unspecified atom stereocenters. The maximum absolute atomic E-state index is 14.3. The van der Waals surface area contributed by atoms with Crippen LogP contribution in [0.4, 0.5) is 4.39 Å². The van der Waals surface area contributed by atoms with Crippen molar-refractivity contribution in [2.24, 2.45) is 0 Å². The zero-order chi connectivity index (χ0) is 14.5. The van der Waals surface area contributed by atoms with Gasteiger partial charge in [-0.15, -0.1) is 0 Å². The molecule has 1 atom stereocenters. The Hall–Kier alpha value is -1.19. The van der Waals surface area contributed by atoms with Gasteiger partial charge in [-0.2, -0.15) is 0 Å². The molecule has 0 heterocycles. The van der Waals surface area contributed by atoms with Gasteiger partial charge in [-0.05, 0) is 47.4 Å². The first-order valence-electron chi connectivity index (χ1n) is 6.84. The third-order valence-electron chi connectivity index (χ3n) is 3.33. The fourth-order valence-electron chi connectivity index (χ4n) is 2.40. The van der Waals surface area contributed by atoms with Crippen LogP contribution in [0.25, 0.3) is 0 Å². The van der Waals surface area contributed by atoms with E-state index in [0.717, 1.165) is 13.0 Å². The molecule has 0 fully saturated rings. The van der Waals surface area contributed by atoms with Gasteiger partial charge >= 0.3 is 0 Å². The van der Waals surface area contributed by atoms with Crippen LogP contribution < -0.4 is 5.32 Å². The maximum atomic E-state index is 14.3. The summed E-state index contributed by atoms with van der Waals surface area (Å²) in [6, 6.07) is 13.8. The van der Waals surface area contributed by atoms with Crippen LogP contribution in [-0.2, 0) is 6.42 Å². The summed E-state index contributed by atoms with van der Waals surface area (Å²) in [4.78, 5) is 0. The molecule has 3 heteroatoms. The van der Waals surface area contributed by atoms with E-state index in [1.807, 2.05) is 25.1 Å². The number of hydrogen-bond acceptors (Lipinski definition) is 1. The Balaban J connectivity index is 2.29. The molecule has 0 aliphatic heterocycles. The summed E-state index contributed by atoms with van der Waals surface area (Å²) in [6.45, 7) is 4.92. The van der Waals surface area contributed by atoms with Gasteiger partial charge in [0.2, 0.25) is 0 Å². The number of likely N-dealkylation sites (N-methyl/N-ethyl adjacent to an activating group) is 1. The van der Waals surface area contributed by atoms with E-state index in [2.05, 4.69) is 46.4 Å². The second-order valence-electron chi connectivity index (χ2n) is 4.95. The van der Waals surface area contributed by atoms with E-state index < -0.39 is 0 Å². The molecule has 0 aliphatic carbocycles. The van der Waals surface area contributed by atoms with Gasteiger partial charge in [0.05, 0.1) is 4.47 Å². The van der Waals surface area contributed by atoms with Crippen molar-refractivity contribution < 1.29 is 4.39 Å². The molecule has 1 nitrogen and oxygen atoms in total. The lowest BCUT2D eigenvalue weighted by Crippen LogP contribution is -2.24. The molecule has 0 aromatic heterocycles. The van der Waals surface area contributed by atoms with Crippen LogP contribution in [-0.4, -0.2) is 6.54 Å². The van der Waals surface area contributed by atoms with Gasteiger partial charge in [0.1, 0.15) is 5.82 Å². The Morgan fingerprint density at radius 1 is 1.20 bits per heavy atom. The second kappa shape index (κ2) is 7.00. The third-order valence-corrected chi connectivity index (χ3v) is 3.94. The van der Waals surface area contributed by atoms with Gasteiger partial charge in [0.25, 0.3) is 0 Å². The van der Waals surface area contributed by atoms with Crippen LogP contribution in [0.5, 0.6) is 0 Å². The molecule has 106 valence electrons. The Kier molecular flexibility index (Phi) is 5.32. The minimum absolute atomic E-state index is 0.0145. The van der Waals surface area contributed by atoms with E-state index in [1.54, 1.807) is 6.07 Å². The summed E-state index contributed by atoms with van der Waals surface area (Å²) < 4.78 is 14.8. The van der Waals surface area contributed by atoms with E-state index in [-0.39, 0.29) is 11.9 Å². The summed E-state index contributed by atoms with van der Waals surface area (Å²) in [7, 11) is 0. The summed E-state index contributed by atoms with van der Waals surface area (Å²) in [6.07, 6.45) is 0.781. The minimum atomic E-state index is -0.175. The summed E-state index contributed by atoms with van der Waals surface area (Å²) >= 11 is 3.26. The van der Waals surface area contributed by atoms with Gasteiger partial charge in [-0.3, -0.25) is 0 Å². The monoisotopic (exact) mass is 335 g/mol. The minimum Gasteiger partial charge on any atom is -0.310 e. The molecule has 0 aliphatic rings. The number of nitrogens with one attached hydrogen (secondary N) is 1. The van der Waals surface area contributed by atoms with Crippen LogP contribution in [0, 0.1) is 12.7 Å². The van der Waals surface area contributed by atoms with Crippen molar-refractivity contribution in [1.29, 1.82) is 0 Å². The zero-order valence-electron chi connectivity index (χ0n) is 11.8. The molecule has 0 bridgehead atoms. The number of benzene rings is 2. The summed E-state index contributed by atoms with van der Waals surface area (Å²) in [5, 5.41) is 3.37. The Morgan fingerprint density at radius 2 is 1.95 bits per heavy atom. The molecule has 0 spiro atoms. The highest BCUT2D eigenvalue weighted by Gasteiger charge is 2.17. The molecule has 1 N–H and O–H groups in total. The lowest BCUT2D eigenvalue weighted by atomic mass is 9.97. The number of rotatable bonds is 5. The Morgan fingerprint density at radius 3 is 2.65 bits per heavy atom. The van der Waals surface area contributed by atoms with Gasteiger partial charge in [-0.25, -0.2) is 4.39 Å². The summed E-state index contributed by atoms with van der Waals surface area (Å²) in [5.74, 6) is -0.175. The standard InChI is InChI=1S/C17H19BrFN/c1-3-20-16(11-13-7-4-6-12(2)10-13)14-8-5-9-15(18)17(14)19/h4-10,16,20H,3,11H2,1-2H3. The van der Waals surface area contributed by atoms with Crippen LogP contribution in [0.1, 0.15) is 29.7 Å². The van der Waals surface area contributed by atoms with E-state index in [9.17, 15) is 4.39 Å². The highest BCUT2D eigenvalue weighted by atomic mass is 79.9. The third kappa shape index (κ3) is 3.68. The molecule has 2 aromatic rings. The van der Waals surface area contributed by atoms with Gasteiger partial charge in [0.15, 0.2) is 0 Å². The molecular formula is C17H19BrFN. The van der Waals surface area contributed by atoms with Crippen molar-refractivity contribution in [3.63, 3.8) is 0 Å². The number of halogens is 2. The highest BCUT2D eigenvalue weighted by Crippen LogP contribution is 2.26. The van der Waals surface area contributed by atoms with Crippen LogP contribution in [0.15, 0.2) is 46.9 Å². The van der Waals surface area contributed by atoms with Crippen molar-refractivity contribution in [3.05, 3.63) is 69.4 Å². The zero-order valence-corrected chi connectivity index (χ0v) is 13.4. The molecule has 0 amide bonds. The molecule has 0 saturated heterocycles. The molecule has 2 rings (SSSR count). The quantitative estimate of drug-likeness (QED) is 0.828. The molecular weight excluding hydrogens is 317 g/mol. The van der Waals surface area contributed by atoms with Gasteiger partial charge in [-0.1, -0.05) is 48.9 Å². The molecule has 20 heavy (non-hydrogen) atoms. The van der Waals surface area contributed by atoms with Crippen molar-refractivity contribution >= 4 is 15.9 Å². The van der Waals surface area contributed by atoms with Gasteiger partial charge in [0, 0.05) is 11.6 Å². The first-order chi connectivity index (χ1) is 9.61. The Bertz CT molecular complexity index is 583. The van der Waals surface area contributed by atoms with Crippen LogP contribution in [0.2, 0.25) is 0 Å². The first kappa shape index (κ1) is 15.2.